The smallest absolute Gasteiger partial charge is 0.305 e. The van der Waals surface area contributed by atoms with Crippen LogP contribution in [0.2, 0.25) is 0 Å². The number of unbranched alkanes of at least 4 members (excludes halogenated alkanes) is 9. The second kappa shape index (κ2) is 14.8. The van der Waals surface area contributed by atoms with Gasteiger partial charge in [-0.2, -0.15) is 0 Å². The highest BCUT2D eigenvalue weighted by Gasteiger charge is 2.04. The molecule has 0 spiro atoms. The predicted molar refractivity (Wildman–Crippen MR) is 85.7 cm³/mol. The fraction of sp³-hybridized carbons (Fsp3) is 0.941. The van der Waals surface area contributed by atoms with Gasteiger partial charge in [-0.1, -0.05) is 64.7 Å². The SMILES string of the molecule is CCCCCCCCCCCCOC(=O)CCC(C)N. The standard InChI is InChI=1S/C17H35NO2/c1-3-4-5-6-7-8-9-10-11-12-15-20-17(19)14-13-16(2)18/h16H,3-15,18H2,1-2H3. The Morgan fingerprint density at radius 2 is 1.45 bits per heavy atom. The Morgan fingerprint density at radius 1 is 0.950 bits per heavy atom. The van der Waals surface area contributed by atoms with Crippen molar-refractivity contribution in [3.63, 3.8) is 0 Å². The van der Waals surface area contributed by atoms with Crippen LogP contribution in [0.4, 0.5) is 0 Å². The normalized spacial score (nSPS) is 12.3. The summed E-state index contributed by atoms with van der Waals surface area (Å²) in [6, 6.07) is 0.0832. The van der Waals surface area contributed by atoms with Crippen molar-refractivity contribution in [3.05, 3.63) is 0 Å². The molecule has 20 heavy (non-hydrogen) atoms. The zero-order chi connectivity index (χ0) is 15.1. The van der Waals surface area contributed by atoms with Crippen LogP contribution < -0.4 is 5.73 Å². The first-order valence-corrected chi connectivity index (χ1v) is 8.58. The van der Waals surface area contributed by atoms with Gasteiger partial charge < -0.3 is 10.5 Å². The topological polar surface area (TPSA) is 52.3 Å². The molecule has 0 fully saturated rings. The van der Waals surface area contributed by atoms with Crippen LogP contribution in [0.25, 0.3) is 0 Å². The molecule has 0 aliphatic carbocycles. The minimum Gasteiger partial charge on any atom is -0.466 e. The van der Waals surface area contributed by atoms with Gasteiger partial charge >= 0.3 is 5.97 Å². The lowest BCUT2D eigenvalue weighted by molar-refractivity contribution is -0.143. The molecule has 3 heteroatoms. The average Bonchev–Trinajstić information content (AvgIpc) is 2.42. The maximum absolute atomic E-state index is 11.3. The molecule has 0 aliphatic rings. The van der Waals surface area contributed by atoms with Gasteiger partial charge in [-0.15, -0.1) is 0 Å². The van der Waals surface area contributed by atoms with Crippen LogP contribution in [0, 0.1) is 0 Å². The third-order valence-corrected chi connectivity index (χ3v) is 3.56. The van der Waals surface area contributed by atoms with Crippen molar-refractivity contribution in [3.8, 4) is 0 Å². The summed E-state index contributed by atoms with van der Waals surface area (Å²) in [6.45, 7) is 4.74. The van der Waals surface area contributed by atoms with E-state index < -0.39 is 0 Å². The Kier molecular flexibility index (Phi) is 14.4. The van der Waals surface area contributed by atoms with Crippen molar-refractivity contribution in [1.82, 2.24) is 0 Å². The molecule has 120 valence electrons. The van der Waals surface area contributed by atoms with E-state index in [1.54, 1.807) is 0 Å². The molecule has 0 radical (unpaired) electrons. The van der Waals surface area contributed by atoms with Crippen molar-refractivity contribution in [2.24, 2.45) is 5.73 Å². The predicted octanol–water partition coefficient (Wildman–Crippen LogP) is 4.58. The van der Waals surface area contributed by atoms with E-state index in [9.17, 15) is 4.79 Å². The number of ether oxygens (including phenoxy) is 1. The second-order valence-corrected chi connectivity index (χ2v) is 5.92. The van der Waals surface area contributed by atoms with E-state index >= 15 is 0 Å². The molecule has 2 N–H and O–H groups in total. The monoisotopic (exact) mass is 285 g/mol. The number of rotatable bonds is 14. The molecule has 0 heterocycles. The quantitative estimate of drug-likeness (QED) is 0.375. The third kappa shape index (κ3) is 15.5. The van der Waals surface area contributed by atoms with Crippen LogP contribution in [0.3, 0.4) is 0 Å². The minimum atomic E-state index is -0.0989. The molecule has 0 aromatic carbocycles. The molecular weight excluding hydrogens is 250 g/mol. The fourth-order valence-corrected chi connectivity index (χ4v) is 2.19. The number of esters is 1. The molecule has 0 aliphatic heterocycles. The maximum Gasteiger partial charge on any atom is 0.305 e. The van der Waals surface area contributed by atoms with Crippen LogP contribution in [0.1, 0.15) is 90.9 Å². The van der Waals surface area contributed by atoms with E-state index in [1.165, 1.54) is 57.8 Å². The van der Waals surface area contributed by atoms with Gasteiger partial charge in [0.05, 0.1) is 6.61 Å². The van der Waals surface area contributed by atoms with Crippen LogP contribution >= 0.6 is 0 Å². The summed E-state index contributed by atoms with van der Waals surface area (Å²) < 4.78 is 5.17. The Morgan fingerprint density at radius 3 is 1.95 bits per heavy atom. The largest absolute Gasteiger partial charge is 0.466 e. The molecule has 0 rings (SSSR count). The van der Waals surface area contributed by atoms with E-state index in [-0.39, 0.29) is 12.0 Å². The first-order valence-electron chi connectivity index (χ1n) is 8.58. The van der Waals surface area contributed by atoms with E-state index in [1.807, 2.05) is 6.92 Å². The molecule has 0 saturated heterocycles. The van der Waals surface area contributed by atoms with Crippen molar-refractivity contribution < 1.29 is 9.53 Å². The van der Waals surface area contributed by atoms with Crippen LogP contribution in [0.5, 0.6) is 0 Å². The Balaban J connectivity index is 3.11. The Labute approximate surface area is 125 Å². The van der Waals surface area contributed by atoms with Crippen LogP contribution in [-0.2, 0) is 9.53 Å². The Bertz CT molecular complexity index is 217. The third-order valence-electron chi connectivity index (χ3n) is 3.56. The first kappa shape index (κ1) is 19.4. The number of carbonyl (C=O) groups excluding carboxylic acids is 1. The van der Waals surface area contributed by atoms with Crippen molar-refractivity contribution in [2.45, 2.75) is 96.9 Å². The van der Waals surface area contributed by atoms with Crippen LogP contribution in [0.15, 0.2) is 0 Å². The number of hydrogen-bond donors (Lipinski definition) is 1. The summed E-state index contributed by atoms with van der Waals surface area (Å²) >= 11 is 0. The van der Waals surface area contributed by atoms with Crippen molar-refractivity contribution in [2.75, 3.05) is 6.61 Å². The van der Waals surface area contributed by atoms with E-state index in [0.29, 0.717) is 13.0 Å². The molecule has 0 aromatic rings. The molecular formula is C17H35NO2. The molecule has 1 atom stereocenters. The molecule has 0 bridgehead atoms. The van der Waals surface area contributed by atoms with Crippen LogP contribution in [-0.4, -0.2) is 18.6 Å². The van der Waals surface area contributed by atoms with Crippen molar-refractivity contribution in [1.29, 1.82) is 0 Å². The van der Waals surface area contributed by atoms with Gasteiger partial charge in [0, 0.05) is 12.5 Å². The summed E-state index contributed by atoms with van der Waals surface area (Å²) in [7, 11) is 0. The van der Waals surface area contributed by atoms with Gasteiger partial charge in [0.1, 0.15) is 0 Å². The lowest BCUT2D eigenvalue weighted by Gasteiger charge is -2.06. The van der Waals surface area contributed by atoms with Gasteiger partial charge in [-0.3, -0.25) is 4.79 Å². The summed E-state index contributed by atoms with van der Waals surface area (Å²) in [5.74, 6) is -0.0989. The summed E-state index contributed by atoms with van der Waals surface area (Å²) in [4.78, 5) is 11.3. The number of carbonyl (C=O) groups is 1. The molecule has 1 unspecified atom stereocenters. The van der Waals surface area contributed by atoms with E-state index in [2.05, 4.69) is 6.92 Å². The van der Waals surface area contributed by atoms with Gasteiger partial charge in [0.15, 0.2) is 0 Å². The highest BCUT2D eigenvalue weighted by atomic mass is 16.5. The molecule has 0 saturated carbocycles. The van der Waals surface area contributed by atoms with Gasteiger partial charge in [0.2, 0.25) is 0 Å². The number of nitrogens with two attached hydrogens (primary N) is 1. The highest BCUT2D eigenvalue weighted by Crippen LogP contribution is 2.10. The molecule has 0 amide bonds. The number of hydrogen-bond acceptors (Lipinski definition) is 3. The van der Waals surface area contributed by atoms with E-state index in [0.717, 1.165) is 12.8 Å². The lowest BCUT2D eigenvalue weighted by Crippen LogP contribution is -2.17. The minimum absolute atomic E-state index is 0.0832. The Hall–Kier alpha value is -0.570. The van der Waals surface area contributed by atoms with E-state index in [4.69, 9.17) is 10.5 Å². The van der Waals surface area contributed by atoms with Crippen molar-refractivity contribution >= 4 is 5.97 Å². The lowest BCUT2D eigenvalue weighted by atomic mass is 10.1. The zero-order valence-corrected chi connectivity index (χ0v) is 13.7. The maximum atomic E-state index is 11.3. The molecule has 0 aromatic heterocycles. The second-order valence-electron chi connectivity index (χ2n) is 5.92. The summed E-state index contributed by atoms with van der Waals surface area (Å²) in [6.07, 6.45) is 14.2. The first-order chi connectivity index (χ1) is 9.66. The highest BCUT2D eigenvalue weighted by molar-refractivity contribution is 5.69. The zero-order valence-electron chi connectivity index (χ0n) is 13.7. The van der Waals surface area contributed by atoms with Gasteiger partial charge in [-0.05, 0) is 19.8 Å². The van der Waals surface area contributed by atoms with Gasteiger partial charge in [-0.25, -0.2) is 0 Å². The fourth-order valence-electron chi connectivity index (χ4n) is 2.19. The van der Waals surface area contributed by atoms with Gasteiger partial charge in [0.25, 0.3) is 0 Å². The average molecular weight is 285 g/mol. The summed E-state index contributed by atoms with van der Waals surface area (Å²) in [5.41, 5.74) is 5.59. The summed E-state index contributed by atoms with van der Waals surface area (Å²) in [5, 5.41) is 0. The molecule has 3 nitrogen and oxygen atoms in total.